The van der Waals surface area contributed by atoms with Crippen molar-refractivity contribution in [1.82, 2.24) is 10.6 Å². The summed E-state index contributed by atoms with van der Waals surface area (Å²) in [5, 5.41) is 9.15. The van der Waals surface area contributed by atoms with E-state index < -0.39 is 0 Å². The van der Waals surface area contributed by atoms with Gasteiger partial charge >= 0.3 is 0 Å². The van der Waals surface area contributed by atoms with E-state index in [4.69, 9.17) is 0 Å². The number of carbonyl (C=O) groups excluding carboxylic acids is 2. The van der Waals surface area contributed by atoms with Crippen LogP contribution in [0.15, 0.2) is 54.6 Å². The highest BCUT2D eigenvalue weighted by Crippen LogP contribution is 2.15. The smallest absolute Gasteiger partial charge is 0.251 e. The lowest BCUT2D eigenvalue weighted by Gasteiger charge is -2.15. The van der Waals surface area contributed by atoms with E-state index in [0.717, 1.165) is 18.5 Å². The molecule has 3 N–H and O–H groups in total. The van der Waals surface area contributed by atoms with E-state index >= 15 is 0 Å². The van der Waals surface area contributed by atoms with E-state index in [-0.39, 0.29) is 24.4 Å². The van der Waals surface area contributed by atoms with Crippen LogP contribution in [-0.2, 0) is 4.79 Å². The highest BCUT2D eigenvalue weighted by molar-refractivity contribution is 5.97. The first-order chi connectivity index (χ1) is 18.6. The van der Waals surface area contributed by atoms with Crippen LogP contribution in [0.3, 0.4) is 0 Å². The van der Waals surface area contributed by atoms with E-state index in [1.54, 1.807) is 18.2 Å². The number of hydrogen-bond acceptors (Lipinski definition) is 3. The molecule has 2 amide bonds. The number of carbonyl (C=O) groups is 2. The molecule has 0 bridgehead atoms. The lowest BCUT2D eigenvalue weighted by Crippen LogP contribution is -2.29. The van der Waals surface area contributed by atoms with Crippen LogP contribution < -0.4 is 16.0 Å². The van der Waals surface area contributed by atoms with Crippen LogP contribution in [0.2, 0.25) is 0 Å². The molecule has 1 atom stereocenters. The van der Waals surface area contributed by atoms with E-state index in [0.29, 0.717) is 11.3 Å². The van der Waals surface area contributed by atoms with Gasteiger partial charge in [-0.25, -0.2) is 0 Å². The molecule has 0 aliphatic heterocycles. The highest BCUT2D eigenvalue weighted by Gasteiger charge is 2.12. The normalized spacial score (nSPS) is 11.7. The molecule has 5 heteroatoms. The Labute approximate surface area is 231 Å². The third-order valence-corrected chi connectivity index (χ3v) is 7.05. The summed E-state index contributed by atoms with van der Waals surface area (Å²) in [4.78, 5) is 25.0. The maximum atomic E-state index is 12.7. The van der Waals surface area contributed by atoms with Crippen LogP contribution in [0.5, 0.6) is 0 Å². The average Bonchev–Trinajstić information content (AvgIpc) is 2.93. The van der Waals surface area contributed by atoms with Gasteiger partial charge in [0.1, 0.15) is 0 Å². The summed E-state index contributed by atoms with van der Waals surface area (Å²) < 4.78 is 0. The fraction of sp³-hybridized carbons (Fsp3) is 0.576. The molecule has 2 aromatic carbocycles. The van der Waals surface area contributed by atoms with Gasteiger partial charge in [-0.1, -0.05) is 127 Å². The first kappa shape index (κ1) is 31.6. The molecule has 0 spiro atoms. The second-order valence-corrected chi connectivity index (χ2v) is 10.5. The molecule has 0 heterocycles. The highest BCUT2D eigenvalue weighted by atomic mass is 16.2. The Balaban J connectivity index is 1.49. The number of unbranched alkanes of at least 4 members (excludes halogenated alkanes) is 13. The predicted octanol–water partition coefficient (Wildman–Crippen LogP) is 8.19. The minimum Gasteiger partial charge on any atom is -0.346 e. The number of benzene rings is 2. The SMILES string of the molecule is CCCCCCCCCCCCCCCCNCC(=O)Nc1cccc(C(=O)NC(C)c2ccccc2)c1. The van der Waals surface area contributed by atoms with Crippen molar-refractivity contribution in [3.8, 4) is 0 Å². The van der Waals surface area contributed by atoms with Gasteiger partial charge in [-0.2, -0.15) is 0 Å². The monoisotopic (exact) mass is 521 g/mol. The third-order valence-electron chi connectivity index (χ3n) is 7.05. The fourth-order valence-electron chi connectivity index (χ4n) is 4.69. The van der Waals surface area contributed by atoms with Crippen molar-refractivity contribution >= 4 is 17.5 Å². The molecule has 0 saturated heterocycles. The van der Waals surface area contributed by atoms with Gasteiger partial charge in [0, 0.05) is 11.3 Å². The van der Waals surface area contributed by atoms with Crippen molar-refractivity contribution in [3.05, 3.63) is 65.7 Å². The largest absolute Gasteiger partial charge is 0.346 e. The zero-order valence-corrected chi connectivity index (χ0v) is 23.9. The Kier molecular flexibility index (Phi) is 16.9. The lowest BCUT2D eigenvalue weighted by molar-refractivity contribution is -0.115. The first-order valence-electron chi connectivity index (χ1n) is 15.1. The topological polar surface area (TPSA) is 70.2 Å². The minimum absolute atomic E-state index is 0.0921. The summed E-state index contributed by atoms with van der Waals surface area (Å²) in [5.41, 5.74) is 2.21. The first-order valence-corrected chi connectivity index (χ1v) is 15.1. The van der Waals surface area contributed by atoms with Crippen molar-refractivity contribution in [2.45, 2.75) is 110 Å². The van der Waals surface area contributed by atoms with Gasteiger partial charge in [0.05, 0.1) is 12.6 Å². The number of rotatable bonds is 21. The Morgan fingerprint density at radius 1 is 0.711 bits per heavy atom. The van der Waals surface area contributed by atoms with E-state index in [9.17, 15) is 9.59 Å². The molecule has 2 aromatic rings. The maximum Gasteiger partial charge on any atom is 0.251 e. The zero-order valence-electron chi connectivity index (χ0n) is 23.9. The lowest BCUT2D eigenvalue weighted by atomic mass is 10.0. The average molecular weight is 522 g/mol. The second kappa shape index (κ2) is 20.3. The van der Waals surface area contributed by atoms with Gasteiger partial charge in [0.2, 0.25) is 5.91 Å². The number of nitrogens with one attached hydrogen (secondary N) is 3. The van der Waals surface area contributed by atoms with Crippen LogP contribution in [0.4, 0.5) is 5.69 Å². The van der Waals surface area contributed by atoms with Crippen molar-refractivity contribution in [2.24, 2.45) is 0 Å². The van der Waals surface area contributed by atoms with Gasteiger partial charge < -0.3 is 16.0 Å². The Bertz CT molecular complexity index is 900. The molecule has 2 rings (SSSR count). The van der Waals surface area contributed by atoms with E-state index in [1.165, 1.54) is 83.5 Å². The molecule has 210 valence electrons. The predicted molar refractivity (Wildman–Crippen MR) is 161 cm³/mol. The Hall–Kier alpha value is -2.66. The number of amides is 2. The molecule has 0 aliphatic rings. The van der Waals surface area contributed by atoms with Crippen molar-refractivity contribution < 1.29 is 9.59 Å². The van der Waals surface area contributed by atoms with Crippen molar-refractivity contribution in [1.29, 1.82) is 0 Å². The standard InChI is InChI=1S/C33H51N3O2/c1-3-4-5-6-7-8-9-10-11-12-13-14-15-19-25-34-27-32(37)36-31-24-20-23-30(26-31)33(38)35-28(2)29-21-17-16-18-22-29/h16-18,20-24,26,28,34H,3-15,19,25,27H2,1-2H3,(H,35,38)(H,36,37). The molecule has 38 heavy (non-hydrogen) atoms. The maximum absolute atomic E-state index is 12.7. The molecule has 0 radical (unpaired) electrons. The van der Waals surface area contributed by atoms with Crippen LogP contribution in [-0.4, -0.2) is 24.9 Å². The quantitative estimate of drug-likeness (QED) is 0.145. The van der Waals surface area contributed by atoms with Gasteiger partial charge in [-0.3, -0.25) is 9.59 Å². The molecule has 0 fully saturated rings. The summed E-state index contributed by atoms with van der Waals surface area (Å²) in [7, 11) is 0. The minimum atomic E-state index is -0.159. The molecular weight excluding hydrogens is 470 g/mol. The molecule has 0 saturated carbocycles. The van der Waals surface area contributed by atoms with Crippen molar-refractivity contribution in [2.75, 3.05) is 18.4 Å². The summed E-state index contributed by atoms with van der Waals surface area (Å²) in [6, 6.07) is 16.8. The molecule has 0 aromatic heterocycles. The van der Waals surface area contributed by atoms with Gasteiger partial charge in [-0.15, -0.1) is 0 Å². The molecule has 5 nitrogen and oxygen atoms in total. The van der Waals surface area contributed by atoms with Crippen LogP contribution in [0.1, 0.15) is 126 Å². The summed E-state index contributed by atoms with van der Waals surface area (Å²) >= 11 is 0. The van der Waals surface area contributed by atoms with Crippen LogP contribution in [0, 0.1) is 0 Å². The van der Waals surface area contributed by atoms with Crippen LogP contribution >= 0.6 is 0 Å². The number of hydrogen-bond donors (Lipinski definition) is 3. The zero-order chi connectivity index (χ0) is 27.3. The molecule has 0 aliphatic carbocycles. The van der Waals surface area contributed by atoms with E-state index in [2.05, 4.69) is 22.9 Å². The summed E-state index contributed by atoms with van der Waals surface area (Å²) in [6.45, 7) is 5.36. The second-order valence-electron chi connectivity index (χ2n) is 10.5. The Morgan fingerprint density at radius 2 is 1.29 bits per heavy atom. The van der Waals surface area contributed by atoms with Gasteiger partial charge in [0.15, 0.2) is 0 Å². The summed E-state index contributed by atoms with van der Waals surface area (Å²) in [6.07, 6.45) is 18.8. The fourth-order valence-corrected chi connectivity index (χ4v) is 4.69. The van der Waals surface area contributed by atoms with Crippen molar-refractivity contribution in [3.63, 3.8) is 0 Å². The Morgan fingerprint density at radius 3 is 1.89 bits per heavy atom. The summed E-state index contributed by atoms with van der Waals surface area (Å²) in [5.74, 6) is -0.251. The van der Waals surface area contributed by atoms with E-state index in [1.807, 2.05) is 43.3 Å². The third kappa shape index (κ3) is 14.3. The van der Waals surface area contributed by atoms with Gasteiger partial charge in [-0.05, 0) is 43.7 Å². The molecular formula is C33H51N3O2. The number of anilines is 1. The van der Waals surface area contributed by atoms with Gasteiger partial charge in [0.25, 0.3) is 5.91 Å². The molecule has 1 unspecified atom stereocenters. The van der Waals surface area contributed by atoms with Crippen LogP contribution in [0.25, 0.3) is 0 Å².